The summed E-state index contributed by atoms with van der Waals surface area (Å²) in [6.45, 7) is 22.4. The third-order valence-corrected chi connectivity index (χ3v) is 10.9. The first-order valence-corrected chi connectivity index (χ1v) is 16.7. The average Bonchev–Trinajstić information content (AvgIpc) is 3.43. The number of para-hydroxylation sites is 1. The molecule has 7 aromatic rings. The molecule has 4 heteroatoms. The summed E-state index contributed by atoms with van der Waals surface area (Å²) < 4.78 is 15.7. The van der Waals surface area contributed by atoms with Crippen LogP contribution in [0.3, 0.4) is 0 Å². The highest BCUT2D eigenvalue weighted by Crippen LogP contribution is 2.44. The van der Waals surface area contributed by atoms with Crippen LogP contribution in [0, 0.1) is 0 Å². The van der Waals surface area contributed by atoms with Crippen LogP contribution in [0.15, 0.2) is 84.9 Å². The van der Waals surface area contributed by atoms with E-state index in [1.807, 2.05) is 0 Å². The third-order valence-electron chi connectivity index (χ3n) is 10.9. The number of benzene rings is 6. The van der Waals surface area contributed by atoms with Gasteiger partial charge in [-0.15, -0.1) is 0 Å². The molecule has 1 saturated heterocycles. The van der Waals surface area contributed by atoms with Gasteiger partial charge in [0, 0.05) is 21.8 Å². The summed E-state index contributed by atoms with van der Waals surface area (Å²) in [6.07, 6.45) is 0. The first-order valence-electron chi connectivity index (χ1n) is 16.7. The lowest BCUT2D eigenvalue weighted by Crippen LogP contribution is -2.41. The van der Waals surface area contributed by atoms with Gasteiger partial charge in [-0.25, -0.2) is 0 Å². The molecule has 0 unspecified atom stereocenters. The van der Waals surface area contributed by atoms with Crippen LogP contribution < -0.4 is 5.46 Å². The Balaban J connectivity index is 1.49. The lowest BCUT2D eigenvalue weighted by Gasteiger charge is -2.32. The molecule has 0 saturated carbocycles. The van der Waals surface area contributed by atoms with E-state index in [0.717, 1.165) is 5.46 Å². The zero-order chi connectivity index (χ0) is 32.6. The maximum Gasteiger partial charge on any atom is 0.495 e. The first kappa shape index (κ1) is 29.5. The minimum Gasteiger partial charge on any atom is -0.399 e. The summed E-state index contributed by atoms with van der Waals surface area (Å²) in [6, 6.07) is 32.2. The Bertz CT molecular complexity index is 2300. The fourth-order valence-electron chi connectivity index (χ4n) is 7.40. The SMILES string of the molecule is CC(C)(C)c1cc(-n2c3ccccc3c3cc4ccc5ccc(B6OC(C)(C)C(C)(C)O6)c6ccc(c4c56)c32)cc(C(C)(C)C)c1. The Hall–Kier alpha value is -3.86. The molecule has 1 fully saturated rings. The van der Waals surface area contributed by atoms with E-state index in [2.05, 4.69) is 159 Å². The van der Waals surface area contributed by atoms with Crippen molar-refractivity contribution in [2.75, 3.05) is 0 Å². The van der Waals surface area contributed by atoms with Crippen LogP contribution in [0.4, 0.5) is 0 Å². The number of nitrogens with zero attached hydrogens (tertiary/aromatic N) is 1. The normalized spacial score (nSPS) is 17.0. The largest absolute Gasteiger partial charge is 0.495 e. The maximum absolute atomic E-state index is 6.58. The second kappa shape index (κ2) is 9.37. The van der Waals surface area contributed by atoms with E-state index < -0.39 is 18.3 Å². The molecule has 1 aromatic heterocycles. The van der Waals surface area contributed by atoms with Gasteiger partial charge in [-0.2, -0.15) is 0 Å². The molecule has 2 heterocycles. The Labute approximate surface area is 273 Å². The minimum atomic E-state index is -0.419. The summed E-state index contributed by atoms with van der Waals surface area (Å²) in [7, 11) is -0.419. The number of hydrogen-bond donors (Lipinski definition) is 0. The van der Waals surface area contributed by atoms with E-state index >= 15 is 0 Å². The first-order chi connectivity index (χ1) is 21.5. The van der Waals surface area contributed by atoms with E-state index in [9.17, 15) is 0 Å². The van der Waals surface area contributed by atoms with Gasteiger partial charge in [0.05, 0.1) is 22.2 Å². The van der Waals surface area contributed by atoms with Crippen molar-refractivity contribution in [2.45, 2.75) is 91.3 Å². The molecular weight excluding hydrogens is 561 g/mol. The van der Waals surface area contributed by atoms with Gasteiger partial charge in [0.15, 0.2) is 0 Å². The van der Waals surface area contributed by atoms with Crippen molar-refractivity contribution in [3.8, 4) is 5.69 Å². The smallest absolute Gasteiger partial charge is 0.399 e. The molecule has 1 aliphatic heterocycles. The van der Waals surface area contributed by atoms with Crippen LogP contribution in [0.5, 0.6) is 0 Å². The topological polar surface area (TPSA) is 23.4 Å². The van der Waals surface area contributed by atoms with Gasteiger partial charge in [0.2, 0.25) is 0 Å². The maximum atomic E-state index is 6.58. The average molecular weight is 606 g/mol. The Morgan fingerprint density at radius 2 is 1.13 bits per heavy atom. The van der Waals surface area contributed by atoms with Gasteiger partial charge in [-0.05, 0) is 106 Å². The Morgan fingerprint density at radius 3 is 1.78 bits per heavy atom. The van der Waals surface area contributed by atoms with Crippen LogP contribution in [-0.2, 0) is 20.1 Å². The molecule has 0 amide bonds. The van der Waals surface area contributed by atoms with Crippen LogP contribution in [0.25, 0.3) is 59.8 Å². The van der Waals surface area contributed by atoms with E-state index in [1.165, 1.54) is 70.9 Å². The van der Waals surface area contributed by atoms with Crippen molar-refractivity contribution in [2.24, 2.45) is 0 Å². The van der Waals surface area contributed by atoms with Gasteiger partial charge in [-0.1, -0.05) is 102 Å². The zero-order valence-corrected chi connectivity index (χ0v) is 28.9. The molecule has 0 radical (unpaired) electrons. The number of hydrogen-bond acceptors (Lipinski definition) is 2. The van der Waals surface area contributed by atoms with Gasteiger partial charge in [0.1, 0.15) is 0 Å². The van der Waals surface area contributed by atoms with E-state index in [-0.39, 0.29) is 10.8 Å². The number of rotatable bonds is 2. The predicted octanol–water partition coefficient (Wildman–Crippen LogP) is 10.6. The van der Waals surface area contributed by atoms with Gasteiger partial charge in [-0.3, -0.25) is 0 Å². The summed E-state index contributed by atoms with van der Waals surface area (Å²) in [4.78, 5) is 0. The molecule has 6 aromatic carbocycles. The van der Waals surface area contributed by atoms with Crippen molar-refractivity contribution < 1.29 is 9.31 Å². The van der Waals surface area contributed by atoms with Gasteiger partial charge < -0.3 is 13.9 Å². The minimum absolute atomic E-state index is 0.0185. The molecule has 1 aliphatic rings. The highest BCUT2D eigenvalue weighted by molar-refractivity contribution is 6.65. The van der Waals surface area contributed by atoms with E-state index in [4.69, 9.17) is 9.31 Å². The molecule has 3 nitrogen and oxygen atoms in total. The van der Waals surface area contributed by atoms with E-state index in [1.54, 1.807) is 0 Å². The third kappa shape index (κ3) is 4.19. The van der Waals surface area contributed by atoms with Crippen molar-refractivity contribution in [1.29, 1.82) is 0 Å². The van der Waals surface area contributed by atoms with Crippen molar-refractivity contribution in [1.82, 2.24) is 4.57 Å². The molecule has 0 bridgehead atoms. The highest BCUT2D eigenvalue weighted by Gasteiger charge is 2.52. The van der Waals surface area contributed by atoms with Crippen LogP contribution in [-0.4, -0.2) is 22.9 Å². The molecule has 8 rings (SSSR count). The second-order valence-electron chi connectivity index (χ2n) is 16.6. The Kier molecular flexibility index (Phi) is 6.01. The molecule has 0 atom stereocenters. The van der Waals surface area contributed by atoms with Crippen molar-refractivity contribution in [3.05, 3.63) is 96.1 Å². The zero-order valence-electron chi connectivity index (χ0n) is 28.9. The standard InChI is InChI=1S/C42H44BNO2/c1-39(2,3)27-22-28(40(4,5)6)24-29(23-27)44-35-14-12-11-13-30(35)33-21-26-16-15-25-17-20-34(43-45-41(7,8)42(9,10)46-43)31-18-19-32(38(33)44)37(26)36(25)31/h11-24H,1-10H3. The summed E-state index contributed by atoms with van der Waals surface area (Å²) in [5.41, 5.74) is 6.74. The molecule has 0 aliphatic carbocycles. The highest BCUT2D eigenvalue weighted by atomic mass is 16.7. The molecule has 46 heavy (non-hydrogen) atoms. The Morgan fingerprint density at radius 1 is 0.565 bits per heavy atom. The van der Waals surface area contributed by atoms with E-state index in [0.29, 0.717) is 0 Å². The van der Waals surface area contributed by atoms with Crippen LogP contribution in [0.2, 0.25) is 0 Å². The van der Waals surface area contributed by atoms with Crippen LogP contribution in [0.1, 0.15) is 80.4 Å². The predicted molar refractivity (Wildman–Crippen MR) is 198 cm³/mol. The molecular formula is C42H44BNO2. The molecule has 0 N–H and O–H groups in total. The lowest BCUT2D eigenvalue weighted by atomic mass is 9.74. The molecule has 232 valence electrons. The van der Waals surface area contributed by atoms with Gasteiger partial charge >= 0.3 is 7.12 Å². The van der Waals surface area contributed by atoms with Crippen molar-refractivity contribution in [3.63, 3.8) is 0 Å². The summed E-state index contributed by atoms with van der Waals surface area (Å²) in [5, 5.41) is 10.1. The van der Waals surface area contributed by atoms with Gasteiger partial charge in [0.25, 0.3) is 0 Å². The fourth-order valence-corrected chi connectivity index (χ4v) is 7.40. The monoisotopic (exact) mass is 605 g/mol. The number of aromatic nitrogens is 1. The second-order valence-corrected chi connectivity index (χ2v) is 16.6. The summed E-state index contributed by atoms with van der Waals surface area (Å²) in [5.74, 6) is 0. The number of fused-ring (bicyclic) bond motifs is 4. The van der Waals surface area contributed by atoms with Crippen LogP contribution >= 0.6 is 0 Å². The molecule has 0 spiro atoms. The van der Waals surface area contributed by atoms with Crippen molar-refractivity contribution >= 4 is 66.7 Å². The fraction of sp³-hybridized carbons (Fsp3) is 0.333. The lowest BCUT2D eigenvalue weighted by molar-refractivity contribution is 0.00578. The quantitative estimate of drug-likeness (QED) is 0.145. The summed E-state index contributed by atoms with van der Waals surface area (Å²) >= 11 is 0.